The highest BCUT2D eigenvalue weighted by atomic mass is 16.5. The molecule has 0 saturated carbocycles. The van der Waals surface area contributed by atoms with E-state index in [9.17, 15) is 0 Å². The summed E-state index contributed by atoms with van der Waals surface area (Å²) in [7, 11) is 1.65. The molecule has 3 rings (SSSR count). The first kappa shape index (κ1) is 12.3. The number of fused-ring (bicyclic) bond motifs is 1. The molecule has 0 aliphatic rings. The predicted molar refractivity (Wildman–Crippen MR) is 82.4 cm³/mol. The number of rotatable bonds is 3. The molecular weight excluding hydrogens is 250 g/mol. The lowest BCUT2D eigenvalue weighted by atomic mass is 10.1. The summed E-state index contributed by atoms with van der Waals surface area (Å²) in [6.45, 7) is 0. The van der Waals surface area contributed by atoms with E-state index in [4.69, 9.17) is 10.5 Å². The molecule has 0 unspecified atom stereocenters. The van der Waals surface area contributed by atoms with Gasteiger partial charge in [-0.1, -0.05) is 18.2 Å². The normalized spacial score (nSPS) is 10.4. The molecule has 0 aliphatic carbocycles. The first-order valence-electron chi connectivity index (χ1n) is 6.32. The lowest BCUT2D eigenvalue weighted by molar-refractivity contribution is 0.417. The van der Waals surface area contributed by atoms with Crippen LogP contribution in [-0.2, 0) is 0 Å². The summed E-state index contributed by atoms with van der Waals surface area (Å²) in [5.74, 6) is 1.54. The van der Waals surface area contributed by atoms with Gasteiger partial charge in [-0.25, -0.2) is 4.98 Å². The molecule has 4 heteroatoms. The number of hydrogen-bond acceptors (Lipinski definition) is 4. The van der Waals surface area contributed by atoms with Crippen LogP contribution in [0, 0.1) is 0 Å². The predicted octanol–water partition coefficient (Wildman–Crippen LogP) is 3.57. The van der Waals surface area contributed by atoms with Crippen LogP contribution in [0.25, 0.3) is 10.8 Å². The van der Waals surface area contributed by atoms with Crippen LogP contribution < -0.4 is 15.8 Å². The monoisotopic (exact) mass is 265 g/mol. The van der Waals surface area contributed by atoms with Gasteiger partial charge in [0, 0.05) is 17.3 Å². The molecule has 0 spiro atoms. The molecular formula is C16H15N3O. The van der Waals surface area contributed by atoms with Gasteiger partial charge in [-0.15, -0.1) is 0 Å². The third-order valence-electron chi connectivity index (χ3n) is 3.15. The second-order valence-electron chi connectivity index (χ2n) is 4.47. The zero-order chi connectivity index (χ0) is 13.9. The van der Waals surface area contributed by atoms with Crippen molar-refractivity contribution in [2.24, 2.45) is 0 Å². The maximum atomic E-state index is 5.86. The van der Waals surface area contributed by atoms with E-state index >= 15 is 0 Å². The molecule has 3 N–H and O–H groups in total. The standard InChI is InChI=1S/C16H15N3O/c1-20-15-5-3-2-4-14(15)19-16-13-10-12(17)7-6-11(13)8-9-18-16/h2-10H,17H2,1H3,(H,18,19). The molecule has 2 aromatic carbocycles. The highest BCUT2D eigenvalue weighted by Gasteiger charge is 2.06. The van der Waals surface area contributed by atoms with E-state index < -0.39 is 0 Å². The maximum Gasteiger partial charge on any atom is 0.142 e. The third kappa shape index (κ3) is 2.23. The molecule has 0 bridgehead atoms. The zero-order valence-electron chi connectivity index (χ0n) is 11.1. The molecule has 4 nitrogen and oxygen atoms in total. The maximum absolute atomic E-state index is 5.86. The number of hydrogen-bond donors (Lipinski definition) is 2. The quantitative estimate of drug-likeness (QED) is 0.711. The first-order valence-corrected chi connectivity index (χ1v) is 6.32. The molecule has 0 aliphatic heterocycles. The zero-order valence-corrected chi connectivity index (χ0v) is 11.1. The van der Waals surface area contributed by atoms with Gasteiger partial charge in [0.05, 0.1) is 12.8 Å². The Hall–Kier alpha value is -2.75. The van der Waals surface area contributed by atoms with Gasteiger partial charge < -0.3 is 15.8 Å². The van der Waals surface area contributed by atoms with Gasteiger partial charge in [0.15, 0.2) is 0 Å². The number of aromatic nitrogens is 1. The summed E-state index contributed by atoms with van der Waals surface area (Å²) in [6, 6.07) is 15.5. The average molecular weight is 265 g/mol. The van der Waals surface area contributed by atoms with Gasteiger partial charge in [-0.2, -0.15) is 0 Å². The van der Waals surface area contributed by atoms with E-state index in [0.717, 1.165) is 28.0 Å². The smallest absolute Gasteiger partial charge is 0.142 e. The van der Waals surface area contributed by atoms with Crippen LogP contribution in [0.3, 0.4) is 0 Å². The lowest BCUT2D eigenvalue weighted by Crippen LogP contribution is -1.97. The summed E-state index contributed by atoms with van der Waals surface area (Å²) in [5, 5.41) is 5.38. The topological polar surface area (TPSA) is 60.2 Å². The Morgan fingerprint density at radius 2 is 1.95 bits per heavy atom. The number of anilines is 3. The number of nitrogen functional groups attached to an aromatic ring is 1. The Kier molecular flexibility index (Phi) is 3.13. The van der Waals surface area contributed by atoms with E-state index in [2.05, 4.69) is 10.3 Å². The first-order chi connectivity index (χ1) is 9.78. The molecule has 0 atom stereocenters. The molecule has 20 heavy (non-hydrogen) atoms. The van der Waals surface area contributed by atoms with E-state index in [-0.39, 0.29) is 0 Å². The van der Waals surface area contributed by atoms with Crippen molar-refractivity contribution < 1.29 is 4.74 Å². The largest absolute Gasteiger partial charge is 0.495 e. The van der Waals surface area contributed by atoms with Crippen molar-refractivity contribution in [3.8, 4) is 5.75 Å². The fraction of sp³-hybridized carbons (Fsp3) is 0.0625. The number of ether oxygens (including phenoxy) is 1. The van der Waals surface area contributed by atoms with Gasteiger partial charge in [-0.05, 0) is 35.7 Å². The molecule has 3 aromatic rings. The highest BCUT2D eigenvalue weighted by molar-refractivity contribution is 5.95. The summed E-state index contributed by atoms with van der Waals surface area (Å²) in [5.41, 5.74) is 7.45. The van der Waals surface area contributed by atoms with Crippen LogP contribution in [0.2, 0.25) is 0 Å². The van der Waals surface area contributed by atoms with Crippen molar-refractivity contribution in [2.45, 2.75) is 0 Å². The van der Waals surface area contributed by atoms with Crippen LogP contribution >= 0.6 is 0 Å². The molecule has 1 heterocycles. The number of nitrogens with two attached hydrogens (primary N) is 1. The van der Waals surface area contributed by atoms with Gasteiger partial charge in [0.2, 0.25) is 0 Å². The Labute approximate surface area is 117 Å². The van der Waals surface area contributed by atoms with Crippen LogP contribution in [0.1, 0.15) is 0 Å². The van der Waals surface area contributed by atoms with Crippen LogP contribution in [0.15, 0.2) is 54.7 Å². The summed E-state index contributed by atoms with van der Waals surface area (Å²) in [6.07, 6.45) is 1.77. The van der Waals surface area contributed by atoms with E-state index in [1.54, 1.807) is 13.3 Å². The van der Waals surface area contributed by atoms with Gasteiger partial charge >= 0.3 is 0 Å². The van der Waals surface area contributed by atoms with Crippen LogP contribution in [0.5, 0.6) is 5.75 Å². The summed E-state index contributed by atoms with van der Waals surface area (Å²) in [4.78, 5) is 4.40. The molecule has 0 saturated heterocycles. The number of nitrogens with one attached hydrogen (secondary N) is 1. The van der Waals surface area contributed by atoms with E-state index in [1.807, 2.05) is 48.5 Å². The van der Waals surface area contributed by atoms with Crippen LogP contribution in [-0.4, -0.2) is 12.1 Å². The Bertz CT molecular complexity index is 756. The van der Waals surface area contributed by atoms with Crippen LogP contribution in [0.4, 0.5) is 17.2 Å². The van der Waals surface area contributed by atoms with Crippen molar-refractivity contribution in [3.63, 3.8) is 0 Å². The average Bonchev–Trinajstić information content (AvgIpc) is 2.48. The van der Waals surface area contributed by atoms with Gasteiger partial charge in [0.1, 0.15) is 11.6 Å². The molecule has 1 aromatic heterocycles. The number of pyridine rings is 1. The van der Waals surface area contributed by atoms with E-state index in [0.29, 0.717) is 5.69 Å². The van der Waals surface area contributed by atoms with Crippen molar-refractivity contribution in [3.05, 3.63) is 54.7 Å². The number of benzene rings is 2. The van der Waals surface area contributed by atoms with Crippen molar-refractivity contribution in [1.82, 2.24) is 4.98 Å². The summed E-state index contributed by atoms with van der Waals surface area (Å²) < 4.78 is 5.34. The summed E-state index contributed by atoms with van der Waals surface area (Å²) >= 11 is 0. The van der Waals surface area contributed by atoms with Crippen molar-refractivity contribution >= 4 is 28.0 Å². The Morgan fingerprint density at radius 1 is 1.10 bits per heavy atom. The van der Waals surface area contributed by atoms with Gasteiger partial charge in [-0.3, -0.25) is 0 Å². The minimum atomic E-state index is 0.716. The minimum absolute atomic E-state index is 0.716. The Morgan fingerprint density at radius 3 is 2.80 bits per heavy atom. The van der Waals surface area contributed by atoms with Crippen molar-refractivity contribution in [2.75, 3.05) is 18.2 Å². The molecule has 100 valence electrons. The second-order valence-corrected chi connectivity index (χ2v) is 4.47. The third-order valence-corrected chi connectivity index (χ3v) is 3.15. The number of methoxy groups -OCH3 is 1. The number of nitrogens with zero attached hydrogens (tertiary/aromatic N) is 1. The lowest BCUT2D eigenvalue weighted by Gasteiger charge is -2.12. The number of para-hydroxylation sites is 2. The van der Waals surface area contributed by atoms with Crippen molar-refractivity contribution in [1.29, 1.82) is 0 Å². The highest BCUT2D eigenvalue weighted by Crippen LogP contribution is 2.30. The Balaban J connectivity index is 2.08. The molecule has 0 amide bonds. The van der Waals surface area contributed by atoms with E-state index in [1.165, 1.54) is 0 Å². The molecule has 0 fully saturated rings. The fourth-order valence-corrected chi connectivity index (χ4v) is 2.16. The SMILES string of the molecule is COc1ccccc1Nc1nccc2ccc(N)cc12. The molecule has 0 radical (unpaired) electrons. The van der Waals surface area contributed by atoms with Gasteiger partial charge in [0.25, 0.3) is 0 Å². The second kappa shape index (κ2) is 5.09. The minimum Gasteiger partial charge on any atom is -0.495 e. The fourth-order valence-electron chi connectivity index (χ4n) is 2.16.